The Kier molecular flexibility index (Phi) is 6.02. The van der Waals surface area contributed by atoms with Gasteiger partial charge in [-0.05, 0) is 158 Å². The van der Waals surface area contributed by atoms with E-state index in [0.717, 1.165) is 23.7 Å². The molecule has 0 aromatic heterocycles. The summed E-state index contributed by atoms with van der Waals surface area (Å²) in [5.41, 5.74) is 18.0. The minimum atomic E-state index is -0.0658. The molecule has 0 radical (unpaired) electrons. The van der Waals surface area contributed by atoms with Crippen molar-refractivity contribution in [3.8, 4) is 33.4 Å². The van der Waals surface area contributed by atoms with Crippen LogP contribution in [0.2, 0.25) is 0 Å². The summed E-state index contributed by atoms with van der Waals surface area (Å²) in [5, 5.41) is 2.51. The fourth-order valence-corrected chi connectivity index (χ4v) is 12.6. The molecule has 0 N–H and O–H groups in total. The molecular weight excluding hydrogens is 639 g/mol. The topological polar surface area (TPSA) is 3.24 Å². The van der Waals surface area contributed by atoms with Gasteiger partial charge in [-0.25, -0.2) is 0 Å². The standard InChI is InChI=1S/C52H43N/c1-51(2)46-13-7-5-11-42(46)44-24-22-41(31-49(44)51)53(40-21-17-33-9-3-4-10-35(33)29-40)39-19-15-34(16-20-39)36-18-23-45-43-12-6-8-14-47(43)52(50(45)30-36)38-26-32-25-37(28-38)48(52)27-32/h3-24,29-32,37-38,48H,25-28H2,1-2H3. The molecule has 4 fully saturated rings. The lowest BCUT2D eigenvalue weighted by molar-refractivity contribution is 0.191. The molecule has 256 valence electrons. The van der Waals surface area contributed by atoms with Gasteiger partial charge in [0.15, 0.2) is 0 Å². The van der Waals surface area contributed by atoms with E-state index >= 15 is 0 Å². The highest BCUT2D eigenvalue weighted by Crippen LogP contribution is 2.73. The molecule has 7 aromatic carbocycles. The third kappa shape index (κ3) is 3.98. The Morgan fingerprint density at radius 1 is 0.453 bits per heavy atom. The van der Waals surface area contributed by atoms with Crippen molar-refractivity contribution >= 4 is 27.8 Å². The highest BCUT2D eigenvalue weighted by atomic mass is 15.1. The van der Waals surface area contributed by atoms with Crippen LogP contribution in [-0.2, 0) is 10.8 Å². The van der Waals surface area contributed by atoms with Gasteiger partial charge in [0.1, 0.15) is 0 Å². The van der Waals surface area contributed by atoms with Crippen LogP contribution in [0.3, 0.4) is 0 Å². The molecular formula is C52H43N. The Hall–Kier alpha value is -5.40. The van der Waals surface area contributed by atoms with Gasteiger partial charge in [0.2, 0.25) is 0 Å². The first-order valence-corrected chi connectivity index (χ1v) is 19.9. The highest BCUT2D eigenvalue weighted by molar-refractivity contribution is 5.91. The van der Waals surface area contributed by atoms with Gasteiger partial charge in [0, 0.05) is 27.9 Å². The maximum atomic E-state index is 2.61. The summed E-state index contributed by atoms with van der Waals surface area (Å²) in [7, 11) is 0. The second-order valence-corrected chi connectivity index (χ2v) is 17.4. The highest BCUT2D eigenvalue weighted by Gasteiger charge is 2.65. The molecule has 5 atom stereocenters. The summed E-state index contributed by atoms with van der Waals surface area (Å²) in [5.74, 6) is 3.44. The number of nitrogens with zero attached hydrogens (tertiary/aromatic N) is 1. The van der Waals surface area contributed by atoms with Gasteiger partial charge in [-0.1, -0.05) is 123 Å². The van der Waals surface area contributed by atoms with Crippen molar-refractivity contribution in [3.05, 3.63) is 174 Å². The van der Waals surface area contributed by atoms with E-state index in [0.29, 0.717) is 0 Å². The number of benzene rings is 7. The number of fused-ring (bicyclic) bond motifs is 7. The van der Waals surface area contributed by atoms with Gasteiger partial charge in [0.25, 0.3) is 0 Å². The SMILES string of the molecule is CC1(C)c2ccccc2-c2ccc(N(c3ccc(-c4ccc5c(c4)C4(c6ccccc6-5)C5CC6CC(C5)C4C6)cc3)c3ccc4ccccc4c3)cc21. The fraction of sp³-hybridized carbons (Fsp3) is 0.231. The lowest BCUT2D eigenvalue weighted by Crippen LogP contribution is -2.40. The first-order valence-electron chi connectivity index (χ1n) is 19.9. The Balaban J connectivity index is 0.972. The fourth-order valence-electron chi connectivity index (χ4n) is 12.6. The van der Waals surface area contributed by atoms with Gasteiger partial charge >= 0.3 is 0 Å². The van der Waals surface area contributed by atoms with Crippen molar-refractivity contribution < 1.29 is 0 Å². The van der Waals surface area contributed by atoms with E-state index in [9.17, 15) is 0 Å². The van der Waals surface area contributed by atoms with Gasteiger partial charge in [-0.2, -0.15) is 0 Å². The average Bonchev–Trinajstić information content (AvgIpc) is 3.82. The molecule has 6 aliphatic carbocycles. The number of rotatable bonds is 4. The smallest absolute Gasteiger partial charge is 0.0468 e. The Morgan fingerprint density at radius 3 is 1.91 bits per heavy atom. The second-order valence-electron chi connectivity index (χ2n) is 17.4. The zero-order chi connectivity index (χ0) is 35.1. The molecule has 13 rings (SSSR count). The third-order valence-corrected chi connectivity index (χ3v) is 14.6. The minimum Gasteiger partial charge on any atom is -0.310 e. The summed E-state index contributed by atoms with van der Waals surface area (Å²) >= 11 is 0. The molecule has 7 aromatic rings. The number of hydrogen-bond acceptors (Lipinski definition) is 1. The zero-order valence-electron chi connectivity index (χ0n) is 30.5. The van der Waals surface area contributed by atoms with Crippen LogP contribution >= 0.6 is 0 Å². The molecule has 0 aliphatic heterocycles. The average molecular weight is 682 g/mol. The van der Waals surface area contributed by atoms with E-state index in [1.54, 1.807) is 11.1 Å². The third-order valence-electron chi connectivity index (χ3n) is 14.6. The van der Waals surface area contributed by atoms with E-state index < -0.39 is 0 Å². The van der Waals surface area contributed by atoms with Gasteiger partial charge in [-0.3, -0.25) is 0 Å². The maximum Gasteiger partial charge on any atom is 0.0468 e. The summed E-state index contributed by atoms with van der Waals surface area (Å²) in [6, 6.07) is 57.9. The van der Waals surface area contributed by atoms with Crippen LogP contribution < -0.4 is 4.90 Å². The van der Waals surface area contributed by atoms with Crippen molar-refractivity contribution in [2.45, 2.75) is 50.4 Å². The van der Waals surface area contributed by atoms with Crippen molar-refractivity contribution in [2.75, 3.05) is 4.90 Å². The van der Waals surface area contributed by atoms with E-state index in [1.165, 1.54) is 98.0 Å². The number of anilines is 3. The van der Waals surface area contributed by atoms with Crippen LogP contribution in [0.25, 0.3) is 44.2 Å². The van der Waals surface area contributed by atoms with Gasteiger partial charge < -0.3 is 4.90 Å². The molecule has 4 bridgehead atoms. The van der Waals surface area contributed by atoms with Gasteiger partial charge in [-0.15, -0.1) is 0 Å². The molecule has 1 nitrogen and oxygen atoms in total. The molecule has 1 heteroatoms. The predicted octanol–water partition coefficient (Wildman–Crippen LogP) is 13.6. The van der Waals surface area contributed by atoms with E-state index in [-0.39, 0.29) is 10.8 Å². The minimum absolute atomic E-state index is 0.0658. The van der Waals surface area contributed by atoms with E-state index in [4.69, 9.17) is 0 Å². The first kappa shape index (κ1) is 30.1. The zero-order valence-corrected chi connectivity index (χ0v) is 30.5. The molecule has 0 saturated heterocycles. The Bertz CT molecular complexity index is 2640. The molecule has 0 heterocycles. The maximum absolute atomic E-state index is 2.61. The molecule has 5 unspecified atom stereocenters. The van der Waals surface area contributed by atoms with E-state index in [2.05, 4.69) is 170 Å². The predicted molar refractivity (Wildman–Crippen MR) is 220 cm³/mol. The molecule has 1 spiro atoms. The molecule has 0 amide bonds. The molecule has 6 aliphatic rings. The van der Waals surface area contributed by atoms with Crippen molar-refractivity contribution in [1.29, 1.82) is 0 Å². The van der Waals surface area contributed by atoms with Gasteiger partial charge in [0.05, 0.1) is 0 Å². The summed E-state index contributed by atoms with van der Waals surface area (Å²) < 4.78 is 0. The number of hydrogen-bond donors (Lipinski definition) is 0. The Labute approximate surface area is 313 Å². The normalized spacial score (nSPS) is 24.7. The molecule has 4 saturated carbocycles. The van der Waals surface area contributed by atoms with Crippen molar-refractivity contribution in [3.63, 3.8) is 0 Å². The van der Waals surface area contributed by atoms with Crippen LogP contribution in [0.5, 0.6) is 0 Å². The van der Waals surface area contributed by atoms with Crippen LogP contribution in [-0.4, -0.2) is 0 Å². The summed E-state index contributed by atoms with van der Waals surface area (Å²) in [4.78, 5) is 2.45. The monoisotopic (exact) mass is 681 g/mol. The molecule has 53 heavy (non-hydrogen) atoms. The van der Waals surface area contributed by atoms with Crippen LogP contribution in [0.15, 0.2) is 152 Å². The second kappa shape index (κ2) is 10.6. The first-order chi connectivity index (χ1) is 26.0. The van der Waals surface area contributed by atoms with Crippen molar-refractivity contribution in [2.24, 2.45) is 23.7 Å². The van der Waals surface area contributed by atoms with Crippen molar-refractivity contribution in [1.82, 2.24) is 0 Å². The summed E-state index contributed by atoms with van der Waals surface area (Å²) in [6.07, 6.45) is 5.72. The largest absolute Gasteiger partial charge is 0.310 e. The van der Waals surface area contributed by atoms with Crippen LogP contribution in [0.4, 0.5) is 17.1 Å². The lowest BCUT2D eigenvalue weighted by atomic mass is 9.59. The van der Waals surface area contributed by atoms with E-state index in [1.807, 2.05) is 0 Å². The van der Waals surface area contributed by atoms with Crippen LogP contribution in [0.1, 0.15) is 61.8 Å². The lowest BCUT2D eigenvalue weighted by Gasteiger charge is -2.44. The van der Waals surface area contributed by atoms with Crippen LogP contribution in [0, 0.1) is 23.7 Å². The quantitative estimate of drug-likeness (QED) is 0.179. The Morgan fingerprint density at radius 2 is 1.08 bits per heavy atom. The summed E-state index contributed by atoms with van der Waals surface area (Å²) in [6.45, 7) is 4.75.